The zero-order chi connectivity index (χ0) is 16.1. The van der Waals surface area contributed by atoms with Crippen molar-refractivity contribution in [3.63, 3.8) is 0 Å². The van der Waals surface area contributed by atoms with Gasteiger partial charge in [0.05, 0.1) is 5.75 Å². The number of carbonyl (C=O) groups excluding carboxylic acids is 1. The lowest BCUT2D eigenvalue weighted by molar-refractivity contribution is -0.162. The minimum Gasteiger partial charge on any atom is -0.479 e. The second kappa shape index (κ2) is 6.66. The topological polar surface area (TPSA) is 150 Å². The van der Waals surface area contributed by atoms with E-state index in [0.29, 0.717) is 5.56 Å². The molecule has 0 fully saturated rings. The van der Waals surface area contributed by atoms with Crippen molar-refractivity contribution >= 4 is 22.0 Å². The van der Waals surface area contributed by atoms with Crippen molar-refractivity contribution in [1.29, 1.82) is 0 Å². The van der Waals surface area contributed by atoms with E-state index in [2.05, 4.69) is 0 Å². The zero-order valence-corrected chi connectivity index (χ0v) is 11.9. The number of sulfonamides is 1. The summed E-state index contributed by atoms with van der Waals surface area (Å²) in [5.41, 5.74) is 3.65. The van der Waals surface area contributed by atoms with Crippen molar-refractivity contribution in [1.82, 2.24) is 0 Å². The van der Waals surface area contributed by atoms with E-state index in [1.165, 1.54) is 0 Å². The van der Waals surface area contributed by atoms with E-state index < -0.39 is 39.7 Å². The number of hydrogen-bond donors (Lipinski definition) is 3. The van der Waals surface area contributed by atoms with Crippen LogP contribution in [0.1, 0.15) is 12.0 Å². The van der Waals surface area contributed by atoms with Crippen LogP contribution in [0.5, 0.6) is 0 Å². The Morgan fingerprint density at radius 3 is 2.29 bits per heavy atom. The first kappa shape index (κ1) is 17.1. The van der Waals surface area contributed by atoms with E-state index in [4.69, 9.17) is 20.7 Å². The summed E-state index contributed by atoms with van der Waals surface area (Å²) in [6.45, 7) is -0.165. The van der Waals surface area contributed by atoms with Crippen LogP contribution in [0.4, 0.5) is 0 Å². The number of aliphatic carboxylic acids is 1. The Bertz CT molecular complexity index is 616. The van der Waals surface area contributed by atoms with Crippen LogP contribution < -0.4 is 10.9 Å². The lowest BCUT2D eigenvalue weighted by atomic mass is 9.98. The zero-order valence-electron chi connectivity index (χ0n) is 11.1. The number of nitrogens with two attached hydrogens (primary N) is 2. The van der Waals surface area contributed by atoms with E-state index in [9.17, 15) is 18.0 Å². The van der Waals surface area contributed by atoms with Crippen molar-refractivity contribution in [2.75, 3.05) is 5.75 Å². The molecule has 21 heavy (non-hydrogen) atoms. The van der Waals surface area contributed by atoms with Gasteiger partial charge >= 0.3 is 11.9 Å². The number of benzene rings is 1. The molecule has 1 atom stereocenters. The molecular formula is C12H16N2O6S. The molecule has 0 saturated heterocycles. The Hall–Kier alpha value is -1.97. The number of carboxylic acids is 1. The van der Waals surface area contributed by atoms with Gasteiger partial charge in [0.15, 0.2) is 0 Å². The lowest BCUT2D eigenvalue weighted by Gasteiger charge is -2.22. The number of primary sulfonamides is 1. The van der Waals surface area contributed by atoms with Crippen LogP contribution >= 0.6 is 0 Å². The summed E-state index contributed by atoms with van der Waals surface area (Å²) >= 11 is 0. The summed E-state index contributed by atoms with van der Waals surface area (Å²) in [4.78, 5) is 23.0. The van der Waals surface area contributed by atoms with Gasteiger partial charge in [0.2, 0.25) is 15.6 Å². The molecule has 0 amide bonds. The van der Waals surface area contributed by atoms with Gasteiger partial charge in [0, 0.05) is 6.42 Å². The van der Waals surface area contributed by atoms with Crippen molar-refractivity contribution in [2.24, 2.45) is 10.9 Å². The molecule has 116 valence electrons. The van der Waals surface area contributed by atoms with E-state index in [0.717, 1.165) is 0 Å². The molecule has 0 aliphatic rings. The highest BCUT2D eigenvalue weighted by Gasteiger charge is 2.44. The maximum Gasteiger partial charge on any atom is 0.338 e. The summed E-state index contributed by atoms with van der Waals surface area (Å²) in [5.74, 6) is -3.64. The Kier molecular flexibility index (Phi) is 5.41. The molecule has 1 aromatic rings. The Morgan fingerprint density at radius 1 is 1.24 bits per heavy atom. The van der Waals surface area contributed by atoms with Gasteiger partial charge in [-0.25, -0.2) is 23.1 Å². The average molecular weight is 316 g/mol. The second-order valence-corrected chi connectivity index (χ2v) is 6.19. The highest BCUT2D eigenvalue weighted by atomic mass is 32.2. The van der Waals surface area contributed by atoms with Crippen LogP contribution in [0.2, 0.25) is 0 Å². The molecule has 5 N–H and O–H groups in total. The summed E-state index contributed by atoms with van der Waals surface area (Å²) in [7, 11) is -3.94. The molecule has 0 bridgehead atoms. The molecule has 0 radical (unpaired) electrons. The van der Waals surface area contributed by atoms with Crippen LogP contribution in [-0.4, -0.2) is 36.8 Å². The molecule has 0 aliphatic carbocycles. The van der Waals surface area contributed by atoms with E-state index >= 15 is 0 Å². The summed E-state index contributed by atoms with van der Waals surface area (Å²) in [6.07, 6.45) is -0.672. The third-order valence-electron chi connectivity index (χ3n) is 2.74. The molecule has 0 aliphatic heterocycles. The fraction of sp³-hybridized carbons (Fsp3) is 0.333. The molecule has 1 unspecified atom stereocenters. The van der Waals surface area contributed by atoms with Gasteiger partial charge in [-0.3, -0.25) is 0 Å². The largest absolute Gasteiger partial charge is 0.479 e. The minimum atomic E-state index is -3.94. The third kappa shape index (κ3) is 5.14. The van der Waals surface area contributed by atoms with E-state index in [1.807, 2.05) is 0 Å². The monoisotopic (exact) mass is 316 g/mol. The number of esters is 1. The van der Waals surface area contributed by atoms with Gasteiger partial charge in [-0.1, -0.05) is 30.3 Å². The quantitative estimate of drug-likeness (QED) is 0.439. The second-order valence-electron chi connectivity index (χ2n) is 4.46. The first-order valence-electron chi connectivity index (χ1n) is 5.89. The van der Waals surface area contributed by atoms with Gasteiger partial charge in [-0.05, 0) is 5.56 Å². The molecule has 0 saturated carbocycles. The molecule has 0 aromatic heterocycles. The van der Waals surface area contributed by atoms with Crippen LogP contribution in [0.3, 0.4) is 0 Å². The molecule has 0 heterocycles. The van der Waals surface area contributed by atoms with Crippen LogP contribution in [0, 0.1) is 0 Å². The molecule has 8 nitrogen and oxygen atoms in total. The average Bonchev–Trinajstić information content (AvgIpc) is 2.42. The maximum atomic E-state index is 11.8. The van der Waals surface area contributed by atoms with Gasteiger partial charge < -0.3 is 15.6 Å². The standard InChI is InChI=1S/C12H16N2O6S/c13-12(10(15)16,6-7-21(14,18)19)11(17)20-8-9-4-2-1-3-5-9/h1-5H,6-8,13H2,(H,15,16)(H2,14,18,19). The molecule has 1 aromatic carbocycles. The predicted molar refractivity (Wildman–Crippen MR) is 73.4 cm³/mol. The lowest BCUT2D eigenvalue weighted by Crippen LogP contribution is -2.56. The number of hydrogen-bond acceptors (Lipinski definition) is 6. The predicted octanol–water partition coefficient (Wildman–Crippen LogP) is -0.809. The molecule has 1 rings (SSSR count). The first-order chi connectivity index (χ1) is 9.65. The van der Waals surface area contributed by atoms with Crippen molar-refractivity contribution in [3.05, 3.63) is 35.9 Å². The Morgan fingerprint density at radius 2 is 1.81 bits per heavy atom. The van der Waals surface area contributed by atoms with Crippen molar-refractivity contribution in [3.8, 4) is 0 Å². The molecule has 0 spiro atoms. The Balaban J connectivity index is 2.75. The highest BCUT2D eigenvalue weighted by molar-refractivity contribution is 7.89. The molecular weight excluding hydrogens is 300 g/mol. The Labute approximate surface area is 121 Å². The SMILES string of the molecule is NC(CCS(N)(=O)=O)(C(=O)O)C(=O)OCc1ccccc1. The van der Waals surface area contributed by atoms with Gasteiger partial charge in [-0.2, -0.15) is 0 Å². The first-order valence-corrected chi connectivity index (χ1v) is 7.60. The van der Waals surface area contributed by atoms with E-state index in [1.54, 1.807) is 30.3 Å². The fourth-order valence-electron chi connectivity index (χ4n) is 1.45. The summed E-state index contributed by atoms with van der Waals surface area (Å²) in [6, 6.07) is 8.56. The van der Waals surface area contributed by atoms with Crippen LogP contribution in [0.25, 0.3) is 0 Å². The van der Waals surface area contributed by atoms with Crippen molar-refractivity contribution in [2.45, 2.75) is 18.6 Å². The van der Waals surface area contributed by atoms with E-state index in [-0.39, 0.29) is 6.61 Å². The number of ether oxygens (including phenoxy) is 1. The fourth-order valence-corrected chi connectivity index (χ4v) is 2.06. The highest BCUT2D eigenvalue weighted by Crippen LogP contribution is 2.13. The summed E-state index contributed by atoms with van der Waals surface area (Å²) in [5, 5.41) is 13.8. The van der Waals surface area contributed by atoms with Crippen LogP contribution in [-0.2, 0) is 31.0 Å². The number of rotatable bonds is 7. The van der Waals surface area contributed by atoms with Crippen LogP contribution in [0.15, 0.2) is 30.3 Å². The normalized spacial score (nSPS) is 14.2. The number of carbonyl (C=O) groups is 2. The molecule has 9 heteroatoms. The minimum absolute atomic E-state index is 0.165. The van der Waals surface area contributed by atoms with Crippen molar-refractivity contribution < 1.29 is 27.9 Å². The van der Waals surface area contributed by atoms with Gasteiger partial charge in [0.25, 0.3) is 0 Å². The third-order valence-corrected chi connectivity index (χ3v) is 3.51. The summed E-state index contributed by atoms with van der Waals surface area (Å²) < 4.78 is 26.6. The number of carboxylic acid groups (broad SMARTS) is 1. The maximum absolute atomic E-state index is 11.8. The smallest absolute Gasteiger partial charge is 0.338 e. The van der Waals surface area contributed by atoms with Gasteiger partial charge in [-0.15, -0.1) is 0 Å². The van der Waals surface area contributed by atoms with Gasteiger partial charge in [0.1, 0.15) is 6.61 Å².